The van der Waals surface area contributed by atoms with Crippen molar-refractivity contribution in [3.63, 3.8) is 0 Å². The Morgan fingerprint density at radius 2 is 1.48 bits per heavy atom. The number of hydrogen-bond donors (Lipinski definition) is 2. The van der Waals surface area contributed by atoms with Crippen molar-refractivity contribution >= 4 is 46.4 Å². The van der Waals surface area contributed by atoms with Crippen LogP contribution in [0.2, 0.25) is 10.0 Å². The standard InChI is InChI=1S/C19H21Cl2N3O3/c1-3-27-15-7-4-13(5-8-15)22-18(25)11-24(2)12-19(26)23-14-6-9-16(20)17(21)10-14/h4-10H,3,11-12H2,1-2H3,(H,22,25)(H,23,26). The van der Waals surface area contributed by atoms with E-state index >= 15 is 0 Å². The maximum atomic E-state index is 12.1. The molecule has 0 aromatic heterocycles. The van der Waals surface area contributed by atoms with Crippen molar-refractivity contribution in [2.45, 2.75) is 6.92 Å². The summed E-state index contributed by atoms with van der Waals surface area (Å²) in [6.45, 7) is 2.61. The number of anilines is 2. The zero-order valence-electron chi connectivity index (χ0n) is 15.1. The molecule has 0 atom stereocenters. The predicted octanol–water partition coefficient (Wildman–Crippen LogP) is 3.90. The van der Waals surface area contributed by atoms with Crippen molar-refractivity contribution in [3.8, 4) is 5.75 Å². The fraction of sp³-hybridized carbons (Fsp3) is 0.263. The first-order valence-electron chi connectivity index (χ1n) is 8.33. The molecule has 0 unspecified atom stereocenters. The van der Waals surface area contributed by atoms with Gasteiger partial charge in [0.25, 0.3) is 0 Å². The summed E-state index contributed by atoms with van der Waals surface area (Å²) in [6, 6.07) is 11.9. The fourth-order valence-electron chi connectivity index (χ4n) is 2.32. The van der Waals surface area contributed by atoms with Gasteiger partial charge in [0, 0.05) is 11.4 Å². The zero-order chi connectivity index (χ0) is 19.8. The molecule has 0 aliphatic carbocycles. The van der Waals surface area contributed by atoms with Crippen molar-refractivity contribution in [2.75, 3.05) is 37.4 Å². The van der Waals surface area contributed by atoms with Gasteiger partial charge in [-0.1, -0.05) is 23.2 Å². The van der Waals surface area contributed by atoms with Gasteiger partial charge in [0.1, 0.15) is 5.75 Å². The second-order valence-electron chi connectivity index (χ2n) is 5.85. The lowest BCUT2D eigenvalue weighted by molar-refractivity contribution is -0.119. The molecule has 0 spiro atoms. The Bertz CT molecular complexity index is 797. The van der Waals surface area contributed by atoms with Crippen LogP contribution in [0.4, 0.5) is 11.4 Å². The summed E-state index contributed by atoms with van der Waals surface area (Å²) in [5, 5.41) is 6.26. The van der Waals surface area contributed by atoms with Crippen LogP contribution in [0, 0.1) is 0 Å². The van der Waals surface area contributed by atoms with Crippen LogP contribution >= 0.6 is 23.2 Å². The molecule has 0 saturated carbocycles. The van der Waals surface area contributed by atoms with Gasteiger partial charge in [-0.05, 0) is 56.4 Å². The van der Waals surface area contributed by atoms with Crippen LogP contribution in [-0.2, 0) is 9.59 Å². The van der Waals surface area contributed by atoms with Crippen molar-refractivity contribution in [3.05, 3.63) is 52.5 Å². The third kappa shape index (κ3) is 7.09. The number of nitrogens with zero attached hydrogens (tertiary/aromatic N) is 1. The molecular weight excluding hydrogens is 389 g/mol. The molecule has 2 N–H and O–H groups in total. The Labute approximate surface area is 168 Å². The predicted molar refractivity (Wildman–Crippen MR) is 109 cm³/mol. The number of carbonyl (C=O) groups excluding carboxylic acids is 2. The molecule has 0 fully saturated rings. The van der Waals surface area contributed by atoms with Gasteiger partial charge in [-0.25, -0.2) is 0 Å². The molecule has 2 amide bonds. The Hall–Kier alpha value is -2.28. The van der Waals surface area contributed by atoms with Crippen LogP contribution in [-0.4, -0.2) is 43.5 Å². The van der Waals surface area contributed by atoms with Gasteiger partial charge >= 0.3 is 0 Å². The number of rotatable bonds is 8. The van der Waals surface area contributed by atoms with Crippen LogP contribution in [0.15, 0.2) is 42.5 Å². The highest BCUT2D eigenvalue weighted by Gasteiger charge is 2.12. The van der Waals surface area contributed by atoms with Gasteiger partial charge in [0.2, 0.25) is 11.8 Å². The van der Waals surface area contributed by atoms with Crippen molar-refractivity contribution in [2.24, 2.45) is 0 Å². The van der Waals surface area contributed by atoms with Gasteiger partial charge in [0.05, 0.1) is 29.7 Å². The maximum Gasteiger partial charge on any atom is 0.238 e. The summed E-state index contributed by atoms with van der Waals surface area (Å²) < 4.78 is 5.36. The lowest BCUT2D eigenvalue weighted by Crippen LogP contribution is -2.36. The SMILES string of the molecule is CCOc1ccc(NC(=O)CN(C)CC(=O)Nc2ccc(Cl)c(Cl)c2)cc1. The number of carbonyl (C=O) groups is 2. The number of amides is 2. The molecule has 0 radical (unpaired) electrons. The molecule has 2 aromatic carbocycles. The minimum atomic E-state index is -0.259. The van der Waals surface area contributed by atoms with E-state index in [9.17, 15) is 9.59 Å². The van der Waals surface area contributed by atoms with E-state index in [1.165, 1.54) is 0 Å². The largest absolute Gasteiger partial charge is 0.494 e. The average Bonchev–Trinajstić information content (AvgIpc) is 2.59. The highest BCUT2D eigenvalue weighted by atomic mass is 35.5. The molecule has 0 aliphatic rings. The van der Waals surface area contributed by atoms with Crippen molar-refractivity contribution in [1.29, 1.82) is 0 Å². The molecule has 2 aromatic rings. The van der Waals surface area contributed by atoms with E-state index in [-0.39, 0.29) is 24.9 Å². The number of likely N-dealkylation sites (N-methyl/N-ethyl adjacent to an activating group) is 1. The Morgan fingerprint density at radius 1 is 0.926 bits per heavy atom. The van der Waals surface area contributed by atoms with Crippen molar-refractivity contribution < 1.29 is 14.3 Å². The van der Waals surface area contributed by atoms with Gasteiger partial charge in [-0.3, -0.25) is 14.5 Å². The Morgan fingerprint density at radius 3 is 2.04 bits per heavy atom. The second-order valence-corrected chi connectivity index (χ2v) is 6.67. The minimum absolute atomic E-state index is 0.0525. The molecule has 0 saturated heterocycles. The Kier molecular flexibility index (Phi) is 7.91. The van der Waals surface area contributed by atoms with E-state index in [0.29, 0.717) is 28.0 Å². The van der Waals surface area contributed by atoms with Crippen LogP contribution in [0.1, 0.15) is 6.92 Å². The van der Waals surface area contributed by atoms with Gasteiger partial charge < -0.3 is 15.4 Å². The summed E-state index contributed by atoms with van der Waals surface area (Å²) in [5.74, 6) is 0.264. The van der Waals surface area contributed by atoms with Crippen molar-refractivity contribution in [1.82, 2.24) is 4.90 Å². The van der Waals surface area contributed by atoms with Crippen LogP contribution in [0.3, 0.4) is 0 Å². The van der Waals surface area contributed by atoms with Crippen LogP contribution < -0.4 is 15.4 Å². The van der Waals surface area contributed by atoms with Crippen LogP contribution in [0.5, 0.6) is 5.75 Å². The van der Waals surface area contributed by atoms with E-state index < -0.39 is 0 Å². The summed E-state index contributed by atoms with van der Waals surface area (Å²) in [7, 11) is 1.69. The number of benzene rings is 2. The number of halogens is 2. The first-order chi connectivity index (χ1) is 12.9. The molecule has 144 valence electrons. The lowest BCUT2D eigenvalue weighted by atomic mass is 10.3. The molecule has 2 rings (SSSR count). The third-order valence-electron chi connectivity index (χ3n) is 3.48. The first-order valence-corrected chi connectivity index (χ1v) is 9.09. The first kappa shape index (κ1) is 21.0. The minimum Gasteiger partial charge on any atom is -0.494 e. The molecule has 27 heavy (non-hydrogen) atoms. The van der Waals surface area contributed by atoms with E-state index in [4.69, 9.17) is 27.9 Å². The quantitative estimate of drug-likeness (QED) is 0.693. The van der Waals surface area contributed by atoms with E-state index in [2.05, 4.69) is 10.6 Å². The van der Waals surface area contributed by atoms with Gasteiger partial charge in [-0.2, -0.15) is 0 Å². The van der Waals surface area contributed by atoms with Gasteiger partial charge in [0.15, 0.2) is 0 Å². The highest BCUT2D eigenvalue weighted by molar-refractivity contribution is 6.42. The maximum absolute atomic E-state index is 12.1. The monoisotopic (exact) mass is 409 g/mol. The fourth-order valence-corrected chi connectivity index (χ4v) is 2.62. The number of nitrogens with one attached hydrogen (secondary N) is 2. The van der Waals surface area contributed by atoms with E-state index in [1.807, 2.05) is 6.92 Å². The zero-order valence-corrected chi connectivity index (χ0v) is 16.6. The van der Waals surface area contributed by atoms with E-state index in [0.717, 1.165) is 5.75 Å². The van der Waals surface area contributed by atoms with Crippen LogP contribution in [0.25, 0.3) is 0 Å². The summed E-state index contributed by atoms with van der Waals surface area (Å²) >= 11 is 11.8. The normalized spacial score (nSPS) is 10.6. The Balaban J connectivity index is 1.79. The van der Waals surface area contributed by atoms with E-state index in [1.54, 1.807) is 54.4 Å². The average molecular weight is 410 g/mol. The molecular formula is C19H21Cl2N3O3. The topological polar surface area (TPSA) is 70.7 Å². The second kappa shape index (κ2) is 10.2. The molecule has 6 nitrogen and oxygen atoms in total. The highest BCUT2D eigenvalue weighted by Crippen LogP contribution is 2.24. The summed E-state index contributed by atoms with van der Waals surface area (Å²) in [6.07, 6.45) is 0. The lowest BCUT2D eigenvalue weighted by Gasteiger charge is -2.16. The summed E-state index contributed by atoms with van der Waals surface area (Å²) in [4.78, 5) is 25.8. The number of hydrogen-bond acceptors (Lipinski definition) is 4. The molecule has 0 aliphatic heterocycles. The smallest absolute Gasteiger partial charge is 0.238 e. The number of ether oxygens (including phenoxy) is 1. The molecule has 0 heterocycles. The molecule has 0 bridgehead atoms. The molecule has 8 heteroatoms. The van der Waals surface area contributed by atoms with Gasteiger partial charge in [-0.15, -0.1) is 0 Å². The summed E-state index contributed by atoms with van der Waals surface area (Å²) in [5.41, 5.74) is 1.21. The third-order valence-corrected chi connectivity index (χ3v) is 4.22.